The predicted molar refractivity (Wildman–Crippen MR) is 66.3 cm³/mol. The third-order valence-corrected chi connectivity index (χ3v) is 4.92. The summed E-state index contributed by atoms with van der Waals surface area (Å²) < 4.78 is 31.5. The fourth-order valence-electron chi connectivity index (χ4n) is 1.89. The number of nitrogens with two attached hydrogens (primary N) is 1. The molecule has 0 spiro atoms. The molecule has 2 N–H and O–H groups in total. The third kappa shape index (κ3) is 2.54. The topological polar surface area (TPSA) is 85.5 Å². The fraction of sp³-hybridized carbons (Fsp3) is 0.545. The molecule has 1 fully saturated rings. The van der Waals surface area contributed by atoms with Gasteiger partial charge in [-0.1, -0.05) is 0 Å². The van der Waals surface area contributed by atoms with Crippen molar-refractivity contribution in [3.63, 3.8) is 0 Å². The molecule has 1 atom stereocenters. The Morgan fingerprint density at radius 2 is 2.33 bits per heavy atom. The van der Waals surface area contributed by atoms with E-state index in [-0.39, 0.29) is 10.9 Å². The van der Waals surface area contributed by atoms with Crippen molar-refractivity contribution < 1.29 is 13.2 Å². The first-order valence-corrected chi connectivity index (χ1v) is 7.24. The van der Waals surface area contributed by atoms with E-state index in [0.29, 0.717) is 32.0 Å². The zero-order valence-corrected chi connectivity index (χ0v) is 11.1. The molecule has 6 nitrogen and oxygen atoms in total. The Morgan fingerprint density at radius 1 is 1.56 bits per heavy atom. The van der Waals surface area contributed by atoms with Gasteiger partial charge in [-0.3, -0.25) is 4.98 Å². The van der Waals surface area contributed by atoms with Gasteiger partial charge in [-0.05, 0) is 19.1 Å². The molecule has 2 rings (SSSR count). The quantitative estimate of drug-likeness (QED) is 0.833. The molecule has 1 saturated heterocycles. The Morgan fingerprint density at radius 3 is 2.89 bits per heavy atom. The number of hydrogen-bond acceptors (Lipinski definition) is 5. The summed E-state index contributed by atoms with van der Waals surface area (Å²) in [5.41, 5.74) is 6.11. The van der Waals surface area contributed by atoms with E-state index in [4.69, 9.17) is 10.5 Å². The van der Waals surface area contributed by atoms with Crippen molar-refractivity contribution in [2.45, 2.75) is 24.4 Å². The summed E-state index contributed by atoms with van der Waals surface area (Å²) >= 11 is 0. The van der Waals surface area contributed by atoms with Crippen LogP contribution in [-0.2, 0) is 21.3 Å². The van der Waals surface area contributed by atoms with Crippen molar-refractivity contribution in [3.8, 4) is 0 Å². The molecule has 1 aromatic heterocycles. The van der Waals surface area contributed by atoms with Crippen molar-refractivity contribution in [3.05, 3.63) is 24.0 Å². The van der Waals surface area contributed by atoms with E-state index < -0.39 is 10.0 Å². The van der Waals surface area contributed by atoms with E-state index in [1.54, 1.807) is 12.1 Å². The fourth-order valence-corrected chi connectivity index (χ4v) is 3.43. The van der Waals surface area contributed by atoms with Gasteiger partial charge in [0.15, 0.2) is 0 Å². The van der Waals surface area contributed by atoms with Crippen molar-refractivity contribution >= 4 is 10.0 Å². The highest BCUT2D eigenvalue weighted by Gasteiger charge is 2.31. The number of hydrogen-bond donors (Lipinski definition) is 1. The number of pyridine rings is 1. The van der Waals surface area contributed by atoms with Crippen molar-refractivity contribution in [1.29, 1.82) is 0 Å². The lowest BCUT2D eigenvalue weighted by Crippen LogP contribution is -2.46. The molecule has 7 heteroatoms. The van der Waals surface area contributed by atoms with Gasteiger partial charge in [-0.25, -0.2) is 8.42 Å². The summed E-state index contributed by atoms with van der Waals surface area (Å²) in [4.78, 5) is 4.22. The van der Waals surface area contributed by atoms with E-state index in [1.165, 1.54) is 10.5 Å². The number of rotatable bonds is 3. The number of morpholine rings is 1. The molecule has 0 aromatic carbocycles. The summed E-state index contributed by atoms with van der Waals surface area (Å²) in [5.74, 6) is 0. The van der Waals surface area contributed by atoms with Crippen LogP contribution in [0.15, 0.2) is 23.2 Å². The third-order valence-electron chi connectivity index (χ3n) is 2.92. The van der Waals surface area contributed by atoms with Gasteiger partial charge in [-0.15, -0.1) is 0 Å². The lowest BCUT2D eigenvalue weighted by Gasteiger charge is -2.32. The Hall–Kier alpha value is -1.02. The van der Waals surface area contributed by atoms with E-state index in [0.717, 1.165) is 0 Å². The highest BCUT2D eigenvalue weighted by Crippen LogP contribution is 2.19. The van der Waals surface area contributed by atoms with Gasteiger partial charge < -0.3 is 10.5 Å². The lowest BCUT2D eigenvalue weighted by atomic mass is 10.3. The molecule has 0 amide bonds. The molecule has 1 aliphatic heterocycles. The SMILES string of the molecule is CC1COCCN1S(=O)(=O)c1ccc(CN)nc1. The average molecular weight is 271 g/mol. The monoisotopic (exact) mass is 271 g/mol. The normalized spacial score (nSPS) is 22.0. The Bertz CT molecular complexity index is 501. The molecule has 2 heterocycles. The molecule has 1 unspecified atom stereocenters. The number of nitrogens with zero attached hydrogens (tertiary/aromatic N) is 2. The molecule has 1 aromatic rings. The van der Waals surface area contributed by atoms with Gasteiger partial charge in [0.1, 0.15) is 4.90 Å². The highest BCUT2D eigenvalue weighted by molar-refractivity contribution is 7.89. The van der Waals surface area contributed by atoms with E-state index in [2.05, 4.69) is 4.98 Å². The van der Waals surface area contributed by atoms with Crippen LogP contribution in [0, 0.1) is 0 Å². The summed E-state index contributed by atoms with van der Waals surface area (Å²) in [6.45, 7) is 3.36. The van der Waals surface area contributed by atoms with Gasteiger partial charge >= 0.3 is 0 Å². The van der Waals surface area contributed by atoms with Gasteiger partial charge in [0.05, 0.1) is 18.9 Å². The molecule has 18 heavy (non-hydrogen) atoms. The van der Waals surface area contributed by atoms with Crippen LogP contribution >= 0.6 is 0 Å². The van der Waals surface area contributed by atoms with Crippen molar-refractivity contribution in [2.24, 2.45) is 5.73 Å². The van der Waals surface area contributed by atoms with Crippen molar-refractivity contribution in [2.75, 3.05) is 19.8 Å². The average Bonchev–Trinajstić information content (AvgIpc) is 2.39. The van der Waals surface area contributed by atoms with Gasteiger partial charge in [0.2, 0.25) is 10.0 Å². The van der Waals surface area contributed by atoms with Crippen LogP contribution in [0.2, 0.25) is 0 Å². The van der Waals surface area contributed by atoms with Crippen LogP contribution in [0.4, 0.5) is 0 Å². The molecule has 0 radical (unpaired) electrons. The van der Waals surface area contributed by atoms with Crippen LogP contribution in [0.1, 0.15) is 12.6 Å². The first-order valence-electron chi connectivity index (χ1n) is 5.80. The van der Waals surface area contributed by atoms with E-state index >= 15 is 0 Å². The number of sulfonamides is 1. The van der Waals surface area contributed by atoms with E-state index in [9.17, 15) is 8.42 Å². The smallest absolute Gasteiger partial charge is 0.245 e. The van der Waals surface area contributed by atoms with Gasteiger partial charge in [-0.2, -0.15) is 4.31 Å². The van der Waals surface area contributed by atoms with Crippen LogP contribution in [-0.4, -0.2) is 43.5 Å². The maximum atomic E-state index is 12.4. The summed E-state index contributed by atoms with van der Waals surface area (Å²) in [5, 5.41) is 0. The molecule has 0 aliphatic carbocycles. The highest BCUT2D eigenvalue weighted by atomic mass is 32.2. The number of aromatic nitrogens is 1. The lowest BCUT2D eigenvalue weighted by molar-refractivity contribution is 0.0392. The molecular formula is C11H17N3O3S. The second kappa shape index (κ2) is 5.31. The van der Waals surface area contributed by atoms with E-state index in [1.807, 2.05) is 6.92 Å². The Kier molecular flexibility index (Phi) is 3.96. The summed E-state index contributed by atoms with van der Waals surface area (Å²) in [6.07, 6.45) is 1.36. The minimum atomic E-state index is -3.49. The summed E-state index contributed by atoms with van der Waals surface area (Å²) in [6, 6.07) is 3.03. The summed E-state index contributed by atoms with van der Waals surface area (Å²) in [7, 11) is -3.49. The standard InChI is InChI=1S/C11H17N3O3S/c1-9-8-17-5-4-14(9)18(15,16)11-3-2-10(6-12)13-7-11/h2-3,7,9H,4-6,8,12H2,1H3. The number of ether oxygens (including phenoxy) is 1. The minimum absolute atomic E-state index is 0.155. The molecule has 1 aliphatic rings. The van der Waals surface area contributed by atoms with Gasteiger partial charge in [0.25, 0.3) is 0 Å². The minimum Gasteiger partial charge on any atom is -0.378 e. The maximum Gasteiger partial charge on any atom is 0.245 e. The van der Waals surface area contributed by atoms with Gasteiger partial charge in [0, 0.05) is 25.3 Å². The molecule has 100 valence electrons. The van der Waals surface area contributed by atoms with Crippen LogP contribution < -0.4 is 5.73 Å². The Balaban J connectivity index is 2.28. The second-order valence-electron chi connectivity index (χ2n) is 4.23. The second-order valence-corrected chi connectivity index (χ2v) is 6.12. The first-order chi connectivity index (χ1) is 8.55. The van der Waals surface area contributed by atoms with Crippen LogP contribution in [0.3, 0.4) is 0 Å². The first kappa shape index (κ1) is 13.4. The maximum absolute atomic E-state index is 12.4. The molecule has 0 saturated carbocycles. The zero-order chi connectivity index (χ0) is 13.2. The largest absolute Gasteiger partial charge is 0.378 e. The van der Waals surface area contributed by atoms with Crippen molar-refractivity contribution in [1.82, 2.24) is 9.29 Å². The predicted octanol–water partition coefficient (Wildman–Crippen LogP) is -0.0503. The Labute approximate surface area is 107 Å². The zero-order valence-electron chi connectivity index (χ0n) is 10.2. The molecule has 0 bridgehead atoms. The van der Waals surface area contributed by atoms with Crippen LogP contribution in [0.5, 0.6) is 0 Å². The van der Waals surface area contributed by atoms with Crippen LogP contribution in [0.25, 0.3) is 0 Å². The molecular weight excluding hydrogens is 254 g/mol.